The van der Waals surface area contributed by atoms with Crippen LogP contribution in [-0.2, 0) is 33.3 Å². The van der Waals surface area contributed by atoms with Crippen LogP contribution in [0.3, 0.4) is 0 Å². The summed E-state index contributed by atoms with van der Waals surface area (Å²) < 4.78 is 29.8. The van der Waals surface area contributed by atoms with Gasteiger partial charge in [-0.2, -0.15) is 0 Å². The smallest absolute Gasteiger partial charge is 0.311 e. The third-order valence-corrected chi connectivity index (χ3v) is 17.5. The highest BCUT2D eigenvalue weighted by atomic mass is 16.7. The lowest BCUT2D eigenvalue weighted by Crippen LogP contribution is -2.69. The molecule has 0 unspecified atom stereocenters. The zero-order valence-electron chi connectivity index (χ0n) is 51.1. The Morgan fingerprint density at radius 2 is 1.29 bits per heavy atom. The molecule has 4 fully saturated rings. The summed E-state index contributed by atoms with van der Waals surface area (Å²) in [5.41, 5.74) is 0. The first-order chi connectivity index (χ1) is 41.1. The Balaban J connectivity index is 1.41. The molecule has 5 aliphatic heterocycles. The molecular formula is C62H103N3O22. The van der Waals surface area contributed by atoms with Crippen molar-refractivity contribution < 1.29 is 110 Å². The van der Waals surface area contributed by atoms with E-state index in [2.05, 4.69) is 16.7 Å². The Morgan fingerprint density at radius 1 is 0.678 bits per heavy atom. The first-order valence-corrected chi connectivity index (χ1v) is 31.0. The topological polar surface area (TPSA) is 393 Å². The van der Waals surface area contributed by atoms with Crippen LogP contribution in [0.15, 0.2) is 72.9 Å². The molecule has 0 saturated carbocycles. The first-order valence-electron chi connectivity index (χ1n) is 31.0. The van der Waals surface area contributed by atoms with Crippen LogP contribution in [0.25, 0.3) is 0 Å². The first kappa shape index (κ1) is 74.3. The van der Waals surface area contributed by atoms with Crippen molar-refractivity contribution in [3.05, 3.63) is 72.9 Å². The standard InChI is InChI=1S/C62H103N3O22/c1-6-63-26-28-64(29-27-63)24-19-25-65(37-62(82)58(78)56(76)49(72)36-83-62)53-55(75)41(5)85-60(57(53)77)86-45-21-18-16-14-12-10-8-7-9-11-13-15-17-20-38(2)54(74)39(3)40(4)84-51(73)32-44(68)31-43(67)30-42(66)22-23-46(69)47(70)34-61(81)35-48(71)52(59(79)80)50(33-45)87-61/h7-8,10,12-18,20-21,38-50,52-58,60,66-72,74-78,81-82H,6,9,11,19,22-37H2,1-5H3,(H,79,80)/b8-7+,12-10+,15-13+,16-14+,20-17+,21-18+/t38-,39-,40-,41+,42+,43+,44+,45-,46+,47+,48-,49+,50-,52+,53-,54+,55+,56+,57-,58-,60+,61+,62+/m0/s1. The minimum absolute atomic E-state index is 0.0993. The second-order valence-corrected chi connectivity index (χ2v) is 24.5. The molecule has 0 spiro atoms. The Hall–Kier alpha value is -3.46. The highest BCUT2D eigenvalue weighted by Crippen LogP contribution is 2.39. The van der Waals surface area contributed by atoms with Crippen molar-refractivity contribution in [1.29, 1.82) is 0 Å². The summed E-state index contributed by atoms with van der Waals surface area (Å²) >= 11 is 0. The number of hydrogen-bond acceptors (Lipinski definition) is 24. The van der Waals surface area contributed by atoms with Crippen molar-refractivity contribution >= 4 is 11.9 Å². The number of carboxylic acid groups (broad SMARTS) is 1. The lowest BCUT2D eigenvalue weighted by Gasteiger charge is -2.50. The van der Waals surface area contributed by atoms with Gasteiger partial charge in [0.25, 0.3) is 0 Å². The second-order valence-electron chi connectivity index (χ2n) is 24.5. The van der Waals surface area contributed by atoms with E-state index < -0.39 is 184 Å². The van der Waals surface area contributed by atoms with E-state index in [0.717, 1.165) is 32.7 Å². The molecule has 15 N–H and O–H groups in total. The quantitative estimate of drug-likeness (QED) is 0.112. The summed E-state index contributed by atoms with van der Waals surface area (Å²) in [6.07, 6.45) is -5.13. The predicted molar refractivity (Wildman–Crippen MR) is 317 cm³/mol. The number of nitrogens with zero attached hydrogens (tertiary/aromatic N) is 3. The number of aliphatic hydroxyl groups is 14. The van der Waals surface area contributed by atoms with E-state index in [1.54, 1.807) is 44.2 Å². The molecule has 5 heterocycles. The van der Waals surface area contributed by atoms with Crippen LogP contribution in [0.2, 0.25) is 0 Å². The molecule has 4 saturated heterocycles. The molecule has 0 aromatic heterocycles. The molecule has 25 heteroatoms. The summed E-state index contributed by atoms with van der Waals surface area (Å²) in [6, 6.07) is -1.32. The summed E-state index contributed by atoms with van der Waals surface area (Å²) in [5.74, 6) is -9.68. The summed E-state index contributed by atoms with van der Waals surface area (Å²) in [6.45, 7) is 12.6. The minimum Gasteiger partial charge on any atom is -0.481 e. The number of ether oxygens (including phenoxy) is 5. The summed E-state index contributed by atoms with van der Waals surface area (Å²) in [5, 5.41) is 167. The van der Waals surface area contributed by atoms with Gasteiger partial charge >= 0.3 is 11.9 Å². The van der Waals surface area contributed by atoms with Crippen LogP contribution >= 0.6 is 0 Å². The zero-order valence-corrected chi connectivity index (χ0v) is 51.1. The fourth-order valence-electron chi connectivity index (χ4n) is 12.0. The number of allylic oxidation sites excluding steroid dienone is 10. The monoisotopic (exact) mass is 1240 g/mol. The SMILES string of the molecule is CCN1CCN(CCCN(C[C@@]2(O)OC[C@@H](O)[C@@H](O)[C@@H]2O)[C@@H]2[C@H](O)[C@@H](O[C@H]3/C=C/C=C/C=C/C=C/CC/C=C/C=C/[C@H](C)[C@@H](O)[C@@H](C)[C@H](C)OC(=O)C[C@H](O)C[C@H](O)C[C@H](O)CC[C@@H](O)[C@H](O)C[C@]4(O)C[C@H](O)[C@@H](C(=O)O)[C@H](C3)O4)O[C@H](C)[C@H]2O)CC1. The Bertz CT molecular complexity index is 2230. The molecule has 5 aliphatic rings. The van der Waals surface area contributed by atoms with E-state index >= 15 is 0 Å². The van der Waals surface area contributed by atoms with Crippen molar-refractivity contribution in [2.45, 2.75) is 227 Å². The van der Waals surface area contributed by atoms with Gasteiger partial charge in [-0.15, -0.1) is 0 Å². The number of rotatable bonds is 11. The Kier molecular flexibility index (Phi) is 30.7. The van der Waals surface area contributed by atoms with Gasteiger partial charge in [-0.05, 0) is 71.9 Å². The van der Waals surface area contributed by atoms with E-state index in [4.69, 9.17) is 23.7 Å². The Morgan fingerprint density at radius 3 is 1.95 bits per heavy atom. The number of cyclic esters (lactones) is 1. The number of carbonyl (C=O) groups is 2. The highest BCUT2D eigenvalue weighted by Gasteiger charge is 2.55. The lowest BCUT2D eigenvalue weighted by molar-refractivity contribution is -0.336. The summed E-state index contributed by atoms with van der Waals surface area (Å²) in [7, 11) is 0. The minimum atomic E-state index is -2.49. The largest absolute Gasteiger partial charge is 0.481 e. The van der Waals surface area contributed by atoms with Gasteiger partial charge < -0.3 is 110 Å². The number of carboxylic acids is 1. The van der Waals surface area contributed by atoms with Crippen molar-refractivity contribution in [2.75, 3.05) is 59.0 Å². The lowest BCUT2D eigenvalue weighted by atomic mass is 9.82. The highest BCUT2D eigenvalue weighted by molar-refractivity contribution is 5.71. The maximum atomic E-state index is 12.9. The van der Waals surface area contributed by atoms with E-state index in [-0.39, 0.29) is 38.1 Å². The van der Waals surface area contributed by atoms with Crippen LogP contribution in [0, 0.1) is 17.8 Å². The predicted octanol–water partition coefficient (Wildman–Crippen LogP) is -0.892. The molecule has 0 aromatic carbocycles. The van der Waals surface area contributed by atoms with Gasteiger partial charge in [-0.1, -0.05) is 93.7 Å². The van der Waals surface area contributed by atoms with Crippen LogP contribution in [0.1, 0.15) is 105 Å². The van der Waals surface area contributed by atoms with Gasteiger partial charge in [0.15, 0.2) is 12.1 Å². The van der Waals surface area contributed by atoms with Crippen LogP contribution in [0.4, 0.5) is 0 Å². The Labute approximate surface area is 511 Å². The number of piperazine rings is 1. The third-order valence-electron chi connectivity index (χ3n) is 17.5. The van der Waals surface area contributed by atoms with E-state index in [1.807, 2.05) is 43.4 Å². The third kappa shape index (κ3) is 23.0. The second kappa shape index (κ2) is 36.0. The van der Waals surface area contributed by atoms with Crippen LogP contribution in [-0.4, -0.2) is 284 Å². The van der Waals surface area contributed by atoms with Gasteiger partial charge in [-0.3, -0.25) is 14.5 Å². The average Bonchev–Trinajstić information content (AvgIpc) is 3.17. The van der Waals surface area contributed by atoms with E-state index in [9.17, 15) is 86.2 Å². The molecule has 0 radical (unpaired) electrons. The van der Waals surface area contributed by atoms with Crippen molar-refractivity contribution in [3.8, 4) is 0 Å². The normalized spacial score (nSPS) is 43.8. The molecule has 2 bridgehead atoms. The molecule has 5 rings (SSSR count). The fourth-order valence-corrected chi connectivity index (χ4v) is 12.0. The van der Waals surface area contributed by atoms with Gasteiger partial charge in [0.1, 0.15) is 36.4 Å². The average molecular weight is 1240 g/mol. The van der Waals surface area contributed by atoms with Crippen LogP contribution in [0.5, 0.6) is 0 Å². The number of aliphatic hydroxyl groups excluding tert-OH is 12. The molecule has 0 aromatic rings. The molecule has 0 amide bonds. The van der Waals surface area contributed by atoms with Crippen molar-refractivity contribution in [3.63, 3.8) is 0 Å². The van der Waals surface area contributed by atoms with E-state index in [1.165, 1.54) is 17.9 Å². The van der Waals surface area contributed by atoms with Gasteiger partial charge in [0.2, 0.25) is 5.79 Å². The molecule has 23 atom stereocenters. The number of aliphatic carboxylic acids is 1. The van der Waals surface area contributed by atoms with Gasteiger partial charge in [0, 0.05) is 63.8 Å². The molecule has 498 valence electrons. The fraction of sp³-hybridized carbons (Fsp3) is 0.774. The molecule has 87 heavy (non-hydrogen) atoms. The van der Waals surface area contributed by atoms with Gasteiger partial charge in [-0.25, -0.2) is 0 Å². The van der Waals surface area contributed by atoms with Gasteiger partial charge in [0.05, 0.1) is 92.8 Å². The van der Waals surface area contributed by atoms with Crippen molar-refractivity contribution in [2.24, 2.45) is 17.8 Å². The molecule has 25 nitrogen and oxygen atoms in total. The molecule has 0 aliphatic carbocycles. The number of carbonyl (C=O) groups excluding carboxylic acids is 1. The number of hydrogen-bond donors (Lipinski definition) is 15. The number of esters is 1. The number of fused-ring (bicyclic) bond motifs is 2. The van der Waals surface area contributed by atoms with E-state index in [0.29, 0.717) is 25.8 Å². The maximum absolute atomic E-state index is 12.9. The zero-order chi connectivity index (χ0) is 64.2. The number of likely N-dealkylation sites (N-methyl/N-ethyl adjacent to an activating group) is 1. The van der Waals surface area contributed by atoms with Crippen molar-refractivity contribution in [1.82, 2.24) is 14.7 Å². The molecular weight excluding hydrogens is 1140 g/mol. The maximum Gasteiger partial charge on any atom is 0.311 e. The van der Waals surface area contributed by atoms with Crippen LogP contribution < -0.4 is 0 Å². The summed E-state index contributed by atoms with van der Waals surface area (Å²) in [4.78, 5) is 31.8.